The molecule has 1 unspecified atom stereocenters. The molecule has 0 radical (unpaired) electrons. The van der Waals surface area contributed by atoms with E-state index in [2.05, 4.69) is 12.2 Å². The third-order valence-electron chi connectivity index (χ3n) is 4.29. The number of unbranched alkanes of at least 4 members (excludes halogenated alkanes) is 1. The monoisotopic (exact) mass is 302 g/mol. The summed E-state index contributed by atoms with van der Waals surface area (Å²) in [4.78, 5) is 14.5. The maximum absolute atomic E-state index is 12.7. The predicted molar refractivity (Wildman–Crippen MR) is 79.3 cm³/mol. The number of hydrogen-bond donors (Lipinski definition) is 1. The number of carbonyl (C=O) groups excluding carboxylic acids is 1. The van der Waals surface area contributed by atoms with Gasteiger partial charge in [-0.15, -0.1) is 0 Å². The van der Waals surface area contributed by atoms with Gasteiger partial charge in [0, 0.05) is 12.6 Å². The van der Waals surface area contributed by atoms with Crippen molar-refractivity contribution in [2.45, 2.75) is 57.5 Å². The van der Waals surface area contributed by atoms with Gasteiger partial charge in [-0.2, -0.15) is 0 Å². The smallest absolute Gasteiger partial charge is 0.239 e. The maximum atomic E-state index is 12.7. The Morgan fingerprint density at radius 3 is 2.65 bits per heavy atom. The normalized spacial score (nSPS) is 29.2. The van der Waals surface area contributed by atoms with Crippen molar-refractivity contribution in [3.05, 3.63) is 0 Å². The quantitative estimate of drug-likeness (QED) is 0.821. The summed E-state index contributed by atoms with van der Waals surface area (Å²) in [7, 11) is -2.94. The molecule has 0 saturated carbocycles. The summed E-state index contributed by atoms with van der Waals surface area (Å²) >= 11 is 0. The lowest BCUT2D eigenvalue weighted by molar-refractivity contribution is -0.136. The largest absolute Gasteiger partial charge is 0.337 e. The first-order chi connectivity index (χ1) is 9.53. The van der Waals surface area contributed by atoms with Gasteiger partial charge in [0.1, 0.15) is 0 Å². The molecule has 2 heterocycles. The van der Waals surface area contributed by atoms with Crippen LogP contribution in [-0.4, -0.2) is 55.9 Å². The van der Waals surface area contributed by atoms with E-state index >= 15 is 0 Å². The van der Waals surface area contributed by atoms with Crippen molar-refractivity contribution in [3.63, 3.8) is 0 Å². The van der Waals surface area contributed by atoms with E-state index in [1.807, 2.05) is 4.90 Å². The number of hydrogen-bond acceptors (Lipinski definition) is 4. The zero-order valence-corrected chi connectivity index (χ0v) is 13.1. The van der Waals surface area contributed by atoms with Crippen LogP contribution in [0, 0.1) is 0 Å². The van der Waals surface area contributed by atoms with Crippen molar-refractivity contribution >= 4 is 15.7 Å². The molecule has 2 atom stereocenters. The second-order valence-corrected chi connectivity index (χ2v) is 8.17. The van der Waals surface area contributed by atoms with Gasteiger partial charge in [0.25, 0.3) is 0 Å². The number of nitrogens with one attached hydrogen (secondary N) is 1. The van der Waals surface area contributed by atoms with E-state index in [4.69, 9.17) is 0 Å². The van der Waals surface area contributed by atoms with Crippen molar-refractivity contribution in [2.24, 2.45) is 0 Å². The summed E-state index contributed by atoms with van der Waals surface area (Å²) in [5.74, 6) is 0.487. The SMILES string of the molecule is CCCCN(C(=O)[C@H]1CCCCN1)C1CCS(=O)(=O)C1. The molecule has 0 aromatic rings. The maximum Gasteiger partial charge on any atom is 0.239 e. The van der Waals surface area contributed by atoms with Gasteiger partial charge in [-0.25, -0.2) is 8.42 Å². The molecule has 5 nitrogen and oxygen atoms in total. The summed E-state index contributed by atoms with van der Waals surface area (Å²) in [5, 5.41) is 3.28. The molecule has 0 aromatic carbocycles. The number of nitrogens with zero attached hydrogens (tertiary/aromatic N) is 1. The van der Waals surface area contributed by atoms with Gasteiger partial charge in [-0.3, -0.25) is 4.79 Å². The Labute approximate surface area is 122 Å². The van der Waals surface area contributed by atoms with Crippen molar-refractivity contribution in [2.75, 3.05) is 24.6 Å². The Hall–Kier alpha value is -0.620. The average molecular weight is 302 g/mol. The Balaban J connectivity index is 2.04. The highest BCUT2D eigenvalue weighted by atomic mass is 32.2. The fraction of sp³-hybridized carbons (Fsp3) is 0.929. The summed E-state index contributed by atoms with van der Waals surface area (Å²) in [5.41, 5.74) is 0. The van der Waals surface area contributed by atoms with Crippen LogP contribution in [0.5, 0.6) is 0 Å². The van der Waals surface area contributed by atoms with Crippen molar-refractivity contribution in [1.82, 2.24) is 10.2 Å². The van der Waals surface area contributed by atoms with Gasteiger partial charge in [0.2, 0.25) is 5.91 Å². The first-order valence-electron chi connectivity index (χ1n) is 7.78. The molecule has 2 aliphatic heterocycles. The highest BCUT2D eigenvalue weighted by molar-refractivity contribution is 7.91. The Kier molecular flexibility index (Phi) is 5.43. The summed E-state index contributed by atoms with van der Waals surface area (Å²) in [6.45, 7) is 3.67. The number of carbonyl (C=O) groups is 1. The minimum absolute atomic E-state index is 0.107. The molecule has 2 aliphatic rings. The lowest BCUT2D eigenvalue weighted by atomic mass is 10.0. The Bertz CT molecular complexity index is 430. The third kappa shape index (κ3) is 3.95. The zero-order valence-electron chi connectivity index (χ0n) is 12.3. The molecule has 0 aliphatic carbocycles. The fourth-order valence-corrected chi connectivity index (χ4v) is 4.82. The van der Waals surface area contributed by atoms with Gasteiger partial charge >= 0.3 is 0 Å². The molecule has 6 heteroatoms. The fourth-order valence-electron chi connectivity index (χ4n) is 3.09. The van der Waals surface area contributed by atoms with E-state index in [1.54, 1.807) is 0 Å². The molecule has 116 valence electrons. The molecule has 2 rings (SSSR count). The number of amides is 1. The van der Waals surface area contributed by atoms with Crippen LogP contribution in [0.25, 0.3) is 0 Å². The van der Waals surface area contributed by atoms with Gasteiger partial charge in [-0.05, 0) is 32.2 Å². The predicted octanol–water partition coefficient (Wildman–Crippen LogP) is 0.944. The molecule has 1 N–H and O–H groups in total. The van der Waals surface area contributed by atoms with Crippen LogP contribution in [0.2, 0.25) is 0 Å². The summed E-state index contributed by atoms with van der Waals surface area (Å²) in [6.07, 6.45) is 5.63. The van der Waals surface area contributed by atoms with E-state index < -0.39 is 9.84 Å². The van der Waals surface area contributed by atoms with Crippen LogP contribution in [0.4, 0.5) is 0 Å². The van der Waals surface area contributed by atoms with Crippen LogP contribution < -0.4 is 5.32 Å². The van der Waals surface area contributed by atoms with Crippen molar-refractivity contribution in [1.29, 1.82) is 0 Å². The van der Waals surface area contributed by atoms with Crippen molar-refractivity contribution < 1.29 is 13.2 Å². The minimum Gasteiger partial charge on any atom is -0.337 e. The zero-order chi connectivity index (χ0) is 14.6. The van der Waals surface area contributed by atoms with E-state index in [0.29, 0.717) is 13.0 Å². The average Bonchev–Trinajstić information content (AvgIpc) is 2.80. The number of sulfone groups is 1. The van der Waals surface area contributed by atoms with Crippen LogP contribution in [-0.2, 0) is 14.6 Å². The first kappa shape index (κ1) is 15.8. The second-order valence-electron chi connectivity index (χ2n) is 5.94. The minimum atomic E-state index is -2.94. The Morgan fingerprint density at radius 2 is 2.10 bits per heavy atom. The van der Waals surface area contributed by atoms with Crippen LogP contribution in [0.3, 0.4) is 0 Å². The summed E-state index contributed by atoms with van der Waals surface area (Å²) < 4.78 is 23.3. The highest BCUT2D eigenvalue weighted by Crippen LogP contribution is 2.21. The van der Waals surface area contributed by atoms with E-state index in [-0.39, 0.29) is 29.5 Å². The molecule has 20 heavy (non-hydrogen) atoms. The molecule has 2 saturated heterocycles. The van der Waals surface area contributed by atoms with Crippen molar-refractivity contribution in [3.8, 4) is 0 Å². The number of rotatable bonds is 5. The van der Waals surface area contributed by atoms with E-state index in [1.165, 1.54) is 0 Å². The number of piperidine rings is 1. The standard InChI is InChI=1S/C14H26N2O3S/c1-2-3-9-16(12-7-10-20(18,19)11-12)14(17)13-6-4-5-8-15-13/h12-13,15H,2-11H2,1H3/t12?,13-/m1/s1. The van der Waals surface area contributed by atoms with E-state index in [0.717, 1.165) is 38.6 Å². The van der Waals surface area contributed by atoms with Gasteiger partial charge < -0.3 is 10.2 Å². The van der Waals surface area contributed by atoms with Gasteiger partial charge in [0.15, 0.2) is 9.84 Å². The second kappa shape index (κ2) is 6.89. The van der Waals surface area contributed by atoms with Gasteiger partial charge in [0.05, 0.1) is 17.5 Å². The molecular formula is C14H26N2O3S. The third-order valence-corrected chi connectivity index (χ3v) is 6.04. The van der Waals surface area contributed by atoms with E-state index in [9.17, 15) is 13.2 Å². The van der Waals surface area contributed by atoms with Gasteiger partial charge in [-0.1, -0.05) is 19.8 Å². The lowest BCUT2D eigenvalue weighted by Gasteiger charge is -2.33. The van der Waals surface area contributed by atoms with Crippen LogP contribution >= 0.6 is 0 Å². The first-order valence-corrected chi connectivity index (χ1v) is 9.60. The summed E-state index contributed by atoms with van der Waals surface area (Å²) in [6, 6.07) is -0.216. The molecule has 0 bridgehead atoms. The Morgan fingerprint density at radius 1 is 1.30 bits per heavy atom. The molecule has 2 fully saturated rings. The van der Waals surface area contributed by atoms with Crippen LogP contribution in [0.1, 0.15) is 45.4 Å². The molecule has 1 amide bonds. The topological polar surface area (TPSA) is 66.5 Å². The lowest BCUT2D eigenvalue weighted by Crippen LogP contribution is -2.52. The molecule has 0 spiro atoms. The highest BCUT2D eigenvalue weighted by Gasteiger charge is 2.36. The molecule has 0 aromatic heterocycles. The van der Waals surface area contributed by atoms with Crippen LogP contribution in [0.15, 0.2) is 0 Å². The molecular weight excluding hydrogens is 276 g/mol.